The molecule has 54 heavy (non-hydrogen) atoms. The summed E-state index contributed by atoms with van der Waals surface area (Å²) in [4.78, 5) is 4.72. The lowest BCUT2D eigenvalue weighted by molar-refractivity contribution is 0.792. The molecule has 0 unspecified atom stereocenters. The van der Waals surface area contributed by atoms with Crippen molar-refractivity contribution in [2.75, 3.05) is 9.80 Å². The Kier molecular flexibility index (Phi) is 8.14. The molecule has 258 valence electrons. The lowest BCUT2D eigenvalue weighted by atomic mass is 9.69. The van der Waals surface area contributed by atoms with Crippen molar-refractivity contribution in [2.24, 2.45) is 0 Å². The van der Waals surface area contributed by atoms with Crippen LogP contribution in [0.4, 0.5) is 34.1 Å². The number of hydrogen-bond acceptors (Lipinski definition) is 2. The zero-order valence-electron chi connectivity index (χ0n) is 30.8. The van der Waals surface area contributed by atoms with Crippen molar-refractivity contribution in [1.82, 2.24) is 0 Å². The molecule has 2 nitrogen and oxygen atoms in total. The number of fused-ring (bicyclic) bond motifs is 7. The van der Waals surface area contributed by atoms with Gasteiger partial charge in [0.1, 0.15) is 0 Å². The number of anilines is 6. The Morgan fingerprint density at radius 1 is 0.463 bits per heavy atom. The Hall–Kier alpha value is -6.82. The van der Waals surface area contributed by atoms with Crippen LogP contribution < -0.4 is 9.80 Å². The average molecular weight is 693 g/mol. The fourth-order valence-corrected chi connectivity index (χ4v) is 8.76. The predicted octanol–water partition coefficient (Wildman–Crippen LogP) is 13.5. The summed E-state index contributed by atoms with van der Waals surface area (Å²) >= 11 is 0. The number of rotatable bonds is 7. The van der Waals surface area contributed by atoms with E-state index in [1.165, 1.54) is 44.5 Å². The highest BCUT2D eigenvalue weighted by atomic mass is 15.1. The summed E-state index contributed by atoms with van der Waals surface area (Å²) < 4.78 is 0. The third-order valence-electron chi connectivity index (χ3n) is 10.9. The molecule has 0 heterocycles. The number of aryl methyl sites for hydroxylation is 2. The number of nitrogens with zero attached hydrogens (tertiary/aromatic N) is 2. The van der Waals surface area contributed by atoms with Crippen LogP contribution in [0.25, 0.3) is 16.7 Å². The zero-order valence-corrected chi connectivity index (χ0v) is 30.8. The molecule has 0 fully saturated rings. The van der Waals surface area contributed by atoms with Crippen molar-refractivity contribution in [2.45, 2.75) is 26.2 Å². The molecule has 0 radical (unpaired) electrons. The highest BCUT2D eigenvalue weighted by molar-refractivity contribution is 6.00. The zero-order chi connectivity index (χ0) is 36.8. The molecule has 7 aromatic carbocycles. The van der Waals surface area contributed by atoms with Gasteiger partial charge < -0.3 is 9.80 Å². The number of hydrogen-bond donors (Lipinski definition) is 0. The number of allylic oxidation sites excluding steroid dienone is 4. The Bertz CT molecular complexity index is 2520. The lowest BCUT2D eigenvalue weighted by Gasteiger charge is -2.33. The van der Waals surface area contributed by atoms with Crippen LogP contribution in [0.1, 0.15) is 40.3 Å². The Morgan fingerprint density at radius 2 is 0.926 bits per heavy atom. The number of terminal acetylenes is 1. The van der Waals surface area contributed by atoms with Crippen molar-refractivity contribution >= 4 is 39.7 Å². The first-order chi connectivity index (χ1) is 26.5. The van der Waals surface area contributed by atoms with Crippen LogP contribution in [0.15, 0.2) is 188 Å². The third-order valence-corrected chi connectivity index (χ3v) is 10.9. The average Bonchev–Trinajstić information content (AvgIpc) is 3.65. The van der Waals surface area contributed by atoms with Gasteiger partial charge in [0.2, 0.25) is 0 Å². The molecule has 0 aromatic heterocycles. The van der Waals surface area contributed by atoms with Crippen LogP contribution in [0.2, 0.25) is 0 Å². The standard InChI is InChI=1S/C52H40N2/c1-5-17-44-45-26-13-14-27-49(45)52(48(44)6-2)50-34-42(53(38-20-9-7-10-21-38)40-24-15-18-36(3)32-40)28-30-46(50)47-31-29-43(35-51(47)52)54(39-22-11-8-12-23-39)41-25-16-19-37(4)33-41/h2,5,7-35H,1,3-4H3/b17-5-. The fourth-order valence-electron chi connectivity index (χ4n) is 8.76. The SMILES string of the molecule is C#CC1=C(/C=C\C)c2ccccc2C12c1cc(N(c3ccccc3)c3cccc(C)c3)ccc1-c1ccc(N(c3ccccc3)c3cccc(C)c3)cc12. The maximum absolute atomic E-state index is 6.73. The summed E-state index contributed by atoms with van der Waals surface area (Å²) in [6.45, 7) is 6.37. The van der Waals surface area contributed by atoms with E-state index in [0.717, 1.165) is 45.3 Å². The van der Waals surface area contributed by atoms with E-state index in [4.69, 9.17) is 6.42 Å². The molecule has 7 aromatic rings. The van der Waals surface area contributed by atoms with E-state index in [1.54, 1.807) is 0 Å². The van der Waals surface area contributed by atoms with E-state index in [9.17, 15) is 0 Å². The molecule has 2 aliphatic rings. The van der Waals surface area contributed by atoms with E-state index < -0.39 is 5.41 Å². The first-order valence-electron chi connectivity index (χ1n) is 18.6. The minimum absolute atomic E-state index is 0.708. The van der Waals surface area contributed by atoms with Crippen molar-refractivity contribution in [3.05, 3.63) is 221 Å². The van der Waals surface area contributed by atoms with Gasteiger partial charge in [-0.3, -0.25) is 0 Å². The van der Waals surface area contributed by atoms with Gasteiger partial charge in [0.25, 0.3) is 0 Å². The van der Waals surface area contributed by atoms with Crippen molar-refractivity contribution < 1.29 is 0 Å². The predicted molar refractivity (Wildman–Crippen MR) is 228 cm³/mol. The fraction of sp³-hybridized carbons (Fsp3) is 0.0769. The van der Waals surface area contributed by atoms with Crippen LogP contribution >= 0.6 is 0 Å². The topological polar surface area (TPSA) is 6.48 Å². The molecule has 9 rings (SSSR count). The lowest BCUT2D eigenvalue weighted by Crippen LogP contribution is -2.27. The van der Waals surface area contributed by atoms with Crippen LogP contribution in [-0.2, 0) is 5.41 Å². The first-order valence-corrected chi connectivity index (χ1v) is 18.6. The minimum atomic E-state index is -0.708. The van der Waals surface area contributed by atoms with Crippen molar-refractivity contribution in [3.63, 3.8) is 0 Å². The molecule has 2 heteroatoms. The second kappa shape index (κ2) is 13.3. The van der Waals surface area contributed by atoms with E-state index in [2.05, 4.69) is 219 Å². The molecule has 2 aliphatic carbocycles. The second-order valence-corrected chi connectivity index (χ2v) is 14.2. The minimum Gasteiger partial charge on any atom is -0.310 e. The van der Waals surface area contributed by atoms with E-state index in [-0.39, 0.29) is 0 Å². The van der Waals surface area contributed by atoms with Gasteiger partial charge in [-0.05, 0) is 144 Å². The summed E-state index contributed by atoms with van der Waals surface area (Å²) in [5.74, 6) is 3.30. The Morgan fingerprint density at radius 3 is 1.41 bits per heavy atom. The quantitative estimate of drug-likeness (QED) is 0.153. The molecule has 0 aliphatic heterocycles. The van der Waals surface area contributed by atoms with Gasteiger partial charge in [-0.15, -0.1) is 6.42 Å². The van der Waals surface area contributed by atoms with Gasteiger partial charge >= 0.3 is 0 Å². The van der Waals surface area contributed by atoms with Gasteiger partial charge in [0.05, 0.1) is 5.41 Å². The summed E-state index contributed by atoms with van der Waals surface area (Å²) in [5.41, 5.74) is 17.5. The summed E-state index contributed by atoms with van der Waals surface area (Å²) in [6, 6.07) is 61.5. The summed E-state index contributed by atoms with van der Waals surface area (Å²) in [6.07, 6.45) is 11.0. The molecular formula is C52H40N2. The molecule has 1 spiro atoms. The largest absolute Gasteiger partial charge is 0.310 e. The van der Waals surface area contributed by atoms with Crippen LogP contribution in [-0.4, -0.2) is 0 Å². The molecule has 0 N–H and O–H groups in total. The second-order valence-electron chi connectivity index (χ2n) is 14.2. The number of benzene rings is 7. The molecule has 0 amide bonds. The molecule has 0 atom stereocenters. The van der Waals surface area contributed by atoms with Crippen LogP contribution in [0.5, 0.6) is 0 Å². The van der Waals surface area contributed by atoms with Crippen molar-refractivity contribution in [3.8, 4) is 23.5 Å². The molecule has 0 bridgehead atoms. The van der Waals surface area contributed by atoms with Crippen molar-refractivity contribution in [1.29, 1.82) is 0 Å². The van der Waals surface area contributed by atoms with Gasteiger partial charge in [-0.25, -0.2) is 0 Å². The smallest absolute Gasteiger partial charge is 0.0806 e. The van der Waals surface area contributed by atoms with Gasteiger partial charge in [-0.1, -0.05) is 115 Å². The summed E-state index contributed by atoms with van der Waals surface area (Å²) in [5, 5.41) is 0. The molecular weight excluding hydrogens is 653 g/mol. The third kappa shape index (κ3) is 5.12. The van der Waals surface area contributed by atoms with E-state index in [1.807, 2.05) is 0 Å². The molecule has 0 saturated carbocycles. The Labute approximate surface area is 319 Å². The van der Waals surface area contributed by atoms with Gasteiger partial charge in [0, 0.05) is 39.7 Å². The summed E-state index contributed by atoms with van der Waals surface area (Å²) in [7, 11) is 0. The molecule has 0 saturated heterocycles. The van der Waals surface area contributed by atoms with E-state index >= 15 is 0 Å². The highest BCUT2D eigenvalue weighted by Crippen LogP contribution is 2.63. The van der Waals surface area contributed by atoms with Crippen LogP contribution in [0, 0.1) is 26.2 Å². The monoisotopic (exact) mass is 692 g/mol. The van der Waals surface area contributed by atoms with Gasteiger partial charge in [-0.2, -0.15) is 0 Å². The van der Waals surface area contributed by atoms with E-state index in [0.29, 0.717) is 0 Å². The van der Waals surface area contributed by atoms with Gasteiger partial charge in [0.15, 0.2) is 0 Å². The Balaban J connectivity index is 1.35. The maximum Gasteiger partial charge on any atom is 0.0806 e. The highest BCUT2D eigenvalue weighted by Gasteiger charge is 2.53. The van der Waals surface area contributed by atoms with Crippen LogP contribution in [0.3, 0.4) is 0 Å². The first kappa shape index (κ1) is 33.0. The normalized spacial score (nSPS) is 13.4. The number of para-hydroxylation sites is 2. The maximum atomic E-state index is 6.73.